The smallest absolute Gasteiger partial charge is 0.221 e. The molecule has 1 amide bonds. The van der Waals surface area contributed by atoms with Gasteiger partial charge in [-0.15, -0.1) is 0 Å². The lowest BCUT2D eigenvalue weighted by Gasteiger charge is -2.10. The molecule has 140 valence electrons. The van der Waals surface area contributed by atoms with Crippen LogP contribution in [0.4, 0.5) is 11.5 Å². The molecule has 5 N–H and O–H groups in total. The van der Waals surface area contributed by atoms with Gasteiger partial charge in [0.1, 0.15) is 11.2 Å². The fourth-order valence-corrected chi connectivity index (χ4v) is 3.14. The number of hydrogen-bond acceptors (Lipinski definition) is 5. The van der Waals surface area contributed by atoms with Crippen LogP contribution in [-0.2, 0) is 11.2 Å². The lowest BCUT2D eigenvalue weighted by atomic mass is 10.1. The number of halogens is 1. The van der Waals surface area contributed by atoms with Crippen LogP contribution in [0.15, 0.2) is 54.7 Å². The molecule has 0 saturated heterocycles. The molecule has 7 nitrogen and oxygen atoms in total. The second kappa shape index (κ2) is 7.21. The van der Waals surface area contributed by atoms with Crippen LogP contribution in [0.3, 0.4) is 0 Å². The third kappa shape index (κ3) is 3.47. The van der Waals surface area contributed by atoms with Gasteiger partial charge in [0.15, 0.2) is 5.82 Å². The Morgan fingerprint density at radius 2 is 1.89 bits per heavy atom. The molecule has 0 atom stereocenters. The zero-order chi connectivity index (χ0) is 19.7. The third-order valence-electron chi connectivity index (χ3n) is 4.23. The molecule has 8 heteroatoms. The predicted octanol–water partition coefficient (Wildman–Crippen LogP) is 3.76. The molecule has 0 spiro atoms. The number of H-pyrrole nitrogens is 1. The van der Waals surface area contributed by atoms with Crippen molar-refractivity contribution in [2.45, 2.75) is 6.42 Å². The number of fused-ring (bicyclic) bond motifs is 1. The largest absolute Gasteiger partial charge is 0.494 e. The summed E-state index contributed by atoms with van der Waals surface area (Å²) >= 11 is 6.29. The van der Waals surface area contributed by atoms with E-state index in [4.69, 9.17) is 17.3 Å². The van der Waals surface area contributed by atoms with Gasteiger partial charge in [0.05, 0.1) is 17.0 Å². The van der Waals surface area contributed by atoms with E-state index in [9.17, 15) is 9.90 Å². The highest BCUT2D eigenvalue weighted by Gasteiger charge is 2.16. The molecule has 0 saturated carbocycles. The fourth-order valence-electron chi connectivity index (χ4n) is 2.92. The second-order valence-electron chi connectivity index (χ2n) is 6.24. The Bertz CT molecular complexity index is 1170. The quantitative estimate of drug-likeness (QED) is 0.412. The zero-order valence-corrected chi connectivity index (χ0v) is 15.4. The van der Waals surface area contributed by atoms with Crippen molar-refractivity contribution in [3.63, 3.8) is 0 Å². The minimum absolute atomic E-state index is 0.0337. The van der Waals surface area contributed by atoms with Crippen molar-refractivity contribution >= 4 is 39.9 Å². The van der Waals surface area contributed by atoms with E-state index in [1.807, 2.05) is 30.3 Å². The number of rotatable bonds is 5. The minimum Gasteiger partial charge on any atom is -0.494 e. The van der Waals surface area contributed by atoms with Crippen LogP contribution < -0.4 is 11.1 Å². The maximum absolute atomic E-state index is 11.0. The average molecular weight is 394 g/mol. The number of anilines is 2. The maximum Gasteiger partial charge on any atom is 0.221 e. The van der Waals surface area contributed by atoms with Gasteiger partial charge in [0.2, 0.25) is 11.8 Å². The predicted molar refractivity (Wildman–Crippen MR) is 109 cm³/mol. The molecule has 0 unspecified atom stereocenters. The number of nitrogens with one attached hydrogen (secondary N) is 2. The van der Waals surface area contributed by atoms with E-state index in [1.54, 1.807) is 24.4 Å². The number of carbonyl (C=O) groups excluding carboxylic acids is 1. The van der Waals surface area contributed by atoms with E-state index in [0.29, 0.717) is 33.1 Å². The van der Waals surface area contributed by atoms with Gasteiger partial charge >= 0.3 is 0 Å². The third-order valence-corrected chi connectivity index (χ3v) is 4.56. The zero-order valence-electron chi connectivity index (χ0n) is 14.6. The van der Waals surface area contributed by atoms with Crippen LogP contribution in [-0.4, -0.2) is 26.0 Å². The van der Waals surface area contributed by atoms with Crippen molar-refractivity contribution in [3.8, 4) is 17.3 Å². The summed E-state index contributed by atoms with van der Waals surface area (Å²) < 4.78 is 0. The summed E-state index contributed by atoms with van der Waals surface area (Å²) in [6.07, 6.45) is 1.78. The second-order valence-corrected chi connectivity index (χ2v) is 6.65. The van der Waals surface area contributed by atoms with Crippen LogP contribution in [0.2, 0.25) is 5.02 Å². The molecular formula is C20H16ClN5O2. The van der Waals surface area contributed by atoms with Crippen molar-refractivity contribution in [2.24, 2.45) is 5.73 Å². The monoisotopic (exact) mass is 393 g/mol. The molecule has 0 bridgehead atoms. The SMILES string of the molecule is NC(=O)Cc1ccc(Nc2nc(-c3ccccc3Cl)nc3c[nH]c(O)c23)cc1. The molecule has 0 aliphatic rings. The first kappa shape index (κ1) is 17.8. The van der Waals surface area contributed by atoms with Crippen LogP contribution in [0.25, 0.3) is 22.3 Å². The van der Waals surface area contributed by atoms with E-state index < -0.39 is 0 Å². The number of nitrogens with zero attached hydrogens (tertiary/aromatic N) is 2. The number of primary amides is 1. The molecular weight excluding hydrogens is 378 g/mol. The molecule has 4 rings (SSSR count). The first-order valence-electron chi connectivity index (χ1n) is 8.48. The van der Waals surface area contributed by atoms with Crippen molar-refractivity contribution in [1.29, 1.82) is 0 Å². The number of carbonyl (C=O) groups is 1. The number of benzene rings is 2. The van der Waals surface area contributed by atoms with Gasteiger partial charge in [-0.2, -0.15) is 0 Å². The molecule has 2 heterocycles. The Morgan fingerprint density at radius 1 is 1.14 bits per heavy atom. The summed E-state index contributed by atoms with van der Waals surface area (Å²) in [6.45, 7) is 0. The van der Waals surface area contributed by atoms with Crippen molar-refractivity contribution in [1.82, 2.24) is 15.0 Å². The number of nitrogens with two attached hydrogens (primary N) is 1. The van der Waals surface area contributed by atoms with Crippen LogP contribution in [0.1, 0.15) is 5.56 Å². The number of amides is 1. The summed E-state index contributed by atoms with van der Waals surface area (Å²) in [5, 5.41) is 14.4. The molecule has 28 heavy (non-hydrogen) atoms. The molecule has 2 aromatic carbocycles. The molecule has 4 aromatic rings. The van der Waals surface area contributed by atoms with Crippen molar-refractivity contribution in [2.75, 3.05) is 5.32 Å². The average Bonchev–Trinajstić information content (AvgIpc) is 3.04. The lowest BCUT2D eigenvalue weighted by Crippen LogP contribution is -2.13. The number of aromatic hydroxyl groups is 1. The first-order chi connectivity index (χ1) is 13.5. The molecule has 0 radical (unpaired) electrons. The van der Waals surface area contributed by atoms with E-state index in [2.05, 4.69) is 20.3 Å². The number of aromatic nitrogens is 3. The Morgan fingerprint density at radius 3 is 2.61 bits per heavy atom. The highest BCUT2D eigenvalue weighted by molar-refractivity contribution is 6.33. The standard InChI is InChI=1S/C20H16ClN5O2/c21-14-4-2-1-3-13(14)18-25-15-10-23-20(28)17(15)19(26-18)24-12-7-5-11(6-8-12)9-16(22)27/h1-8,10,23,28H,9H2,(H2,22,27)(H,24,25,26). The van der Waals surface area contributed by atoms with Crippen LogP contribution >= 0.6 is 11.6 Å². The van der Waals surface area contributed by atoms with E-state index in [-0.39, 0.29) is 18.2 Å². The van der Waals surface area contributed by atoms with Crippen LogP contribution in [0.5, 0.6) is 5.88 Å². The highest BCUT2D eigenvalue weighted by atomic mass is 35.5. The summed E-state index contributed by atoms with van der Waals surface area (Å²) in [7, 11) is 0. The summed E-state index contributed by atoms with van der Waals surface area (Å²) in [4.78, 5) is 22.9. The molecule has 0 aliphatic carbocycles. The van der Waals surface area contributed by atoms with E-state index >= 15 is 0 Å². The topological polar surface area (TPSA) is 117 Å². The number of hydrogen-bond donors (Lipinski definition) is 4. The Balaban J connectivity index is 1.76. The molecule has 2 aromatic heterocycles. The normalized spacial score (nSPS) is 10.9. The summed E-state index contributed by atoms with van der Waals surface area (Å²) in [5.41, 5.74) is 8.01. The maximum atomic E-state index is 11.0. The van der Waals surface area contributed by atoms with Gasteiger partial charge in [-0.3, -0.25) is 4.79 Å². The number of aromatic amines is 1. The van der Waals surface area contributed by atoms with E-state index in [0.717, 1.165) is 11.3 Å². The lowest BCUT2D eigenvalue weighted by molar-refractivity contribution is -0.117. The minimum atomic E-state index is -0.389. The van der Waals surface area contributed by atoms with Crippen LogP contribution in [0, 0.1) is 0 Å². The van der Waals surface area contributed by atoms with Gasteiger partial charge < -0.3 is 21.1 Å². The Hall–Kier alpha value is -3.58. The molecule has 0 aliphatic heterocycles. The first-order valence-corrected chi connectivity index (χ1v) is 8.86. The van der Waals surface area contributed by atoms with Gasteiger partial charge in [-0.25, -0.2) is 9.97 Å². The summed E-state index contributed by atoms with van der Waals surface area (Å²) in [6, 6.07) is 14.5. The van der Waals surface area contributed by atoms with Crippen molar-refractivity contribution < 1.29 is 9.90 Å². The van der Waals surface area contributed by atoms with Crippen molar-refractivity contribution in [3.05, 3.63) is 65.3 Å². The van der Waals surface area contributed by atoms with E-state index in [1.165, 1.54) is 0 Å². The molecule has 0 fully saturated rings. The highest BCUT2D eigenvalue weighted by Crippen LogP contribution is 2.34. The van der Waals surface area contributed by atoms with Gasteiger partial charge in [-0.05, 0) is 29.8 Å². The van der Waals surface area contributed by atoms with Gasteiger partial charge in [0, 0.05) is 17.4 Å². The summed E-state index contributed by atoms with van der Waals surface area (Å²) in [5.74, 6) is 0.444. The Kier molecular flexibility index (Phi) is 4.58. The van der Waals surface area contributed by atoms with Gasteiger partial charge in [0.25, 0.3) is 0 Å². The fraction of sp³-hybridized carbons (Fsp3) is 0.0500. The van der Waals surface area contributed by atoms with Gasteiger partial charge in [-0.1, -0.05) is 35.9 Å². The Labute approximate surface area is 165 Å².